The normalized spacial score (nSPS) is 19.9. The van der Waals surface area contributed by atoms with E-state index in [1.807, 2.05) is 60.7 Å². The van der Waals surface area contributed by atoms with Crippen LogP contribution in [0.25, 0.3) is 0 Å². The van der Waals surface area contributed by atoms with Crippen LogP contribution in [0.15, 0.2) is 60.7 Å². The van der Waals surface area contributed by atoms with Crippen molar-refractivity contribution in [3.05, 3.63) is 71.8 Å². The molecule has 1 aliphatic rings. The van der Waals surface area contributed by atoms with Crippen molar-refractivity contribution in [2.24, 2.45) is 0 Å². The summed E-state index contributed by atoms with van der Waals surface area (Å²) < 4.78 is 22.3. The second kappa shape index (κ2) is 4.62. The summed E-state index contributed by atoms with van der Waals surface area (Å²) in [5.74, 6) is 0. The molecule has 0 spiro atoms. The Morgan fingerprint density at radius 1 is 0.889 bits per heavy atom. The Bertz CT molecular complexity index is 514. The van der Waals surface area contributed by atoms with E-state index < -0.39 is 13.9 Å². The molecule has 90 valence electrons. The maximum atomic E-state index is 11.5. The van der Waals surface area contributed by atoms with Crippen molar-refractivity contribution in [2.45, 2.75) is 5.60 Å². The molecule has 2 aromatic rings. The summed E-state index contributed by atoms with van der Waals surface area (Å²) in [5, 5.41) is 0. The lowest BCUT2D eigenvalue weighted by Gasteiger charge is -2.21. The lowest BCUT2D eigenvalue weighted by Crippen LogP contribution is -2.29. The first-order valence-electron chi connectivity index (χ1n) is 5.72. The van der Waals surface area contributed by atoms with Gasteiger partial charge < -0.3 is 0 Å². The zero-order valence-corrected chi connectivity index (χ0v) is 10.5. The van der Waals surface area contributed by atoms with Gasteiger partial charge >= 0.3 is 8.25 Å². The van der Waals surface area contributed by atoms with Crippen molar-refractivity contribution in [3.8, 4) is 0 Å². The summed E-state index contributed by atoms with van der Waals surface area (Å²) in [7, 11) is -2.05. The van der Waals surface area contributed by atoms with Crippen LogP contribution in [-0.4, -0.2) is 6.61 Å². The first-order chi connectivity index (χ1) is 8.81. The summed E-state index contributed by atoms with van der Waals surface area (Å²) in [5.41, 5.74) is 1.16. The van der Waals surface area contributed by atoms with E-state index in [4.69, 9.17) is 9.05 Å². The Hall–Kier alpha value is -1.54. The fourth-order valence-electron chi connectivity index (χ4n) is 2.18. The van der Waals surface area contributed by atoms with Crippen molar-refractivity contribution in [2.75, 3.05) is 6.61 Å². The van der Waals surface area contributed by atoms with Gasteiger partial charge in [0.15, 0.2) is 0 Å². The van der Waals surface area contributed by atoms with Gasteiger partial charge in [-0.3, -0.25) is 0 Å². The highest BCUT2D eigenvalue weighted by molar-refractivity contribution is 7.33. The minimum atomic E-state index is -2.05. The van der Waals surface area contributed by atoms with Gasteiger partial charge in [-0.05, 0) is 11.1 Å². The van der Waals surface area contributed by atoms with Crippen molar-refractivity contribution in [1.82, 2.24) is 0 Å². The molecule has 1 aliphatic heterocycles. The molecule has 1 unspecified atom stereocenters. The van der Waals surface area contributed by atoms with Crippen molar-refractivity contribution in [1.29, 1.82) is 0 Å². The summed E-state index contributed by atoms with van der Waals surface area (Å²) in [4.78, 5) is 0. The molecule has 1 saturated heterocycles. The Labute approximate surface area is 106 Å². The lowest BCUT2D eigenvalue weighted by molar-refractivity contribution is 0.142. The molecule has 0 amide bonds. The number of rotatable bonds is 2. The van der Waals surface area contributed by atoms with Crippen LogP contribution in [0.4, 0.5) is 0 Å². The predicted octanol–water partition coefficient (Wildman–Crippen LogP) is 3.63. The van der Waals surface area contributed by atoms with Crippen LogP contribution in [0.1, 0.15) is 11.1 Å². The molecule has 1 fully saturated rings. The van der Waals surface area contributed by atoms with Crippen LogP contribution in [0, 0.1) is 0 Å². The van der Waals surface area contributed by atoms with Crippen LogP contribution < -0.4 is 0 Å². The van der Waals surface area contributed by atoms with Gasteiger partial charge in [0.25, 0.3) is 0 Å². The molecule has 3 rings (SSSR count). The molecule has 0 bridgehead atoms. The molecule has 1 atom stereocenters. The molecule has 0 saturated carbocycles. The number of benzene rings is 2. The summed E-state index contributed by atoms with van der Waals surface area (Å²) in [6.45, 7) is 0.274. The van der Waals surface area contributed by atoms with E-state index in [1.165, 1.54) is 0 Å². The smallest absolute Gasteiger partial charge is 0.115 e. The van der Waals surface area contributed by atoms with Crippen LogP contribution in [0.5, 0.6) is 0 Å². The van der Waals surface area contributed by atoms with Crippen molar-refractivity contribution < 1.29 is 13.6 Å². The van der Waals surface area contributed by atoms with Gasteiger partial charge in [0, 0.05) is 4.57 Å². The van der Waals surface area contributed by atoms with Gasteiger partial charge in [0.1, 0.15) is 6.61 Å². The number of hydrogen-bond acceptors (Lipinski definition) is 3. The van der Waals surface area contributed by atoms with E-state index in [-0.39, 0.29) is 6.61 Å². The maximum absolute atomic E-state index is 11.5. The second-order valence-corrected chi connectivity index (χ2v) is 5.04. The van der Waals surface area contributed by atoms with Crippen molar-refractivity contribution in [3.63, 3.8) is 0 Å². The molecule has 0 radical (unpaired) electrons. The highest BCUT2D eigenvalue weighted by Crippen LogP contribution is 2.49. The minimum absolute atomic E-state index is 0.274. The minimum Gasteiger partial charge on any atom is -0.115 e. The van der Waals surface area contributed by atoms with Gasteiger partial charge in [0.05, 0.1) is 0 Å². The Kier molecular flexibility index (Phi) is 2.96. The molecule has 3 nitrogen and oxygen atoms in total. The zero-order valence-electron chi connectivity index (χ0n) is 9.65. The third kappa shape index (κ3) is 1.87. The summed E-state index contributed by atoms with van der Waals surface area (Å²) >= 11 is 0. The SMILES string of the molecule is O=[P+]1OCC(c2ccccc2)(c2ccccc2)O1. The van der Waals surface area contributed by atoms with E-state index in [1.54, 1.807) is 0 Å². The van der Waals surface area contributed by atoms with Crippen LogP contribution in [0.2, 0.25) is 0 Å². The van der Waals surface area contributed by atoms with E-state index >= 15 is 0 Å². The van der Waals surface area contributed by atoms with Gasteiger partial charge in [-0.25, -0.2) is 0 Å². The fraction of sp³-hybridized carbons (Fsp3) is 0.143. The average molecular weight is 259 g/mol. The second-order valence-electron chi connectivity index (χ2n) is 4.15. The Balaban J connectivity index is 2.14. The monoisotopic (exact) mass is 259 g/mol. The van der Waals surface area contributed by atoms with Crippen LogP contribution in [-0.2, 0) is 19.2 Å². The summed E-state index contributed by atoms with van der Waals surface area (Å²) in [6, 6.07) is 19.5. The van der Waals surface area contributed by atoms with E-state index in [0.29, 0.717) is 0 Å². The largest absolute Gasteiger partial charge is 0.698 e. The van der Waals surface area contributed by atoms with Crippen LogP contribution in [0.3, 0.4) is 0 Å². The third-order valence-electron chi connectivity index (χ3n) is 3.08. The molecule has 0 aliphatic carbocycles. The van der Waals surface area contributed by atoms with E-state index in [0.717, 1.165) is 11.1 Å². The van der Waals surface area contributed by atoms with Gasteiger partial charge in [-0.2, -0.15) is 0 Å². The first kappa shape index (κ1) is 11.5. The van der Waals surface area contributed by atoms with Gasteiger partial charge in [-0.1, -0.05) is 65.2 Å². The highest BCUT2D eigenvalue weighted by atomic mass is 31.1. The molecular weight excluding hydrogens is 247 g/mol. The van der Waals surface area contributed by atoms with E-state index in [9.17, 15) is 4.57 Å². The predicted molar refractivity (Wildman–Crippen MR) is 68.3 cm³/mol. The fourth-order valence-corrected chi connectivity index (χ4v) is 3.03. The highest BCUT2D eigenvalue weighted by Gasteiger charge is 2.53. The lowest BCUT2D eigenvalue weighted by atomic mass is 9.87. The molecule has 0 N–H and O–H groups in total. The Morgan fingerprint density at radius 3 is 1.78 bits per heavy atom. The first-order valence-corrected chi connectivity index (χ1v) is 6.81. The van der Waals surface area contributed by atoms with Gasteiger partial charge in [0.2, 0.25) is 5.60 Å². The van der Waals surface area contributed by atoms with Crippen molar-refractivity contribution >= 4 is 8.25 Å². The van der Waals surface area contributed by atoms with Crippen LogP contribution >= 0.6 is 8.25 Å². The van der Waals surface area contributed by atoms with E-state index in [2.05, 4.69) is 0 Å². The molecule has 0 aromatic heterocycles. The topological polar surface area (TPSA) is 35.5 Å². The molecular formula is C14H12O3P+. The summed E-state index contributed by atoms with van der Waals surface area (Å²) in [6.07, 6.45) is 0. The molecule has 18 heavy (non-hydrogen) atoms. The molecule has 1 heterocycles. The Morgan fingerprint density at radius 2 is 1.39 bits per heavy atom. The third-order valence-corrected chi connectivity index (χ3v) is 3.88. The zero-order chi connectivity index (χ0) is 12.4. The number of hydrogen-bond donors (Lipinski definition) is 0. The maximum Gasteiger partial charge on any atom is 0.698 e. The average Bonchev–Trinajstić information content (AvgIpc) is 2.84. The molecule has 4 heteroatoms. The molecule has 2 aromatic carbocycles. The standard InChI is InChI=1S/C14H12O3P/c15-18-16-11-14(17-18,12-7-3-1-4-8-12)13-9-5-2-6-10-13/h1-10H,11H2/q+1. The quantitative estimate of drug-likeness (QED) is 0.772. The van der Waals surface area contributed by atoms with Gasteiger partial charge in [-0.15, -0.1) is 4.52 Å².